The molecule has 1 aromatic carbocycles. The van der Waals surface area contributed by atoms with Crippen LogP contribution in [0.1, 0.15) is 0 Å². The fourth-order valence-corrected chi connectivity index (χ4v) is 1.51. The Labute approximate surface area is 104 Å². The van der Waals surface area contributed by atoms with Crippen LogP contribution in [-0.2, 0) is 4.79 Å². The standard InChI is InChI=1S/C9H7BrN2O5/c10-3-9(13)11-5-1-7-8(17-4-16-7)2-6(5)12(14)15/h1-2H,3-4H2,(H,11,13). The van der Waals surface area contributed by atoms with E-state index in [9.17, 15) is 14.9 Å². The number of rotatable bonds is 3. The molecule has 17 heavy (non-hydrogen) atoms. The largest absolute Gasteiger partial charge is 0.454 e. The molecule has 8 heteroatoms. The maximum atomic E-state index is 11.2. The number of nitro groups is 1. The number of ether oxygens (including phenoxy) is 2. The molecule has 1 N–H and O–H groups in total. The molecule has 1 aromatic rings. The van der Waals surface area contributed by atoms with Crippen molar-refractivity contribution >= 4 is 33.2 Å². The van der Waals surface area contributed by atoms with Crippen molar-refractivity contribution in [1.29, 1.82) is 0 Å². The first-order valence-electron chi connectivity index (χ1n) is 4.55. The number of amides is 1. The Morgan fingerprint density at radius 1 is 1.47 bits per heavy atom. The number of hydrogen-bond donors (Lipinski definition) is 1. The highest BCUT2D eigenvalue weighted by Crippen LogP contribution is 2.40. The van der Waals surface area contributed by atoms with Crippen LogP contribution in [0, 0.1) is 10.1 Å². The van der Waals surface area contributed by atoms with E-state index in [-0.39, 0.29) is 29.4 Å². The van der Waals surface area contributed by atoms with E-state index < -0.39 is 4.92 Å². The number of nitrogens with one attached hydrogen (secondary N) is 1. The van der Waals surface area contributed by atoms with Crippen LogP contribution in [0.3, 0.4) is 0 Å². The molecule has 2 rings (SSSR count). The van der Waals surface area contributed by atoms with Crippen LogP contribution in [0.4, 0.5) is 11.4 Å². The van der Waals surface area contributed by atoms with Crippen molar-refractivity contribution in [2.75, 3.05) is 17.4 Å². The monoisotopic (exact) mass is 302 g/mol. The maximum absolute atomic E-state index is 11.2. The third-order valence-corrected chi connectivity index (χ3v) is 2.59. The highest BCUT2D eigenvalue weighted by Gasteiger charge is 2.24. The van der Waals surface area contributed by atoms with Crippen molar-refractivity contribution < 1.29 is 19.2 Å². The molecular weight excluding hydrogens is 296 g/mol. The molecule has 0 unspecified atom stereocenters. The van der Waals surface area contributed by atoms with E-state index in [2.05, 4.69) is 21.2 Å². The zero-order valence-corrected chi connectivity index (χ0v) is 10.0. The molecule has 0 radical (unpaired) electrons. The van der Waals surface area contributed by atoms with Gasteiger partial charge in [0.1, 0.15) is 5.69 Å². The summed E-state index contributed by atoms with van der Waals surface area (Å²) < 4.78 is 10.1. The van der Waals surface area contributed by atoms with Gasteiger partial charge < -0.3 is 14.8 Å². The summed E-state index contributed by atoms with van der Waals surface area (Å²) in [5.41, 5.74) is -0.146. The van der Waals surface area contributed by atoms with Crippen molar-refractivity contribution in [3.63, 3.8) is 0 Å². The molecule has 1 aliphatic rings. The molecule has 0 spiro atoms. The van der Waals surface area contributed by atoms with Crippen molar-refractivity contribution in [3.8, 4) is 11.5 Å². The van der Waals surface area contributed by atoms with Gasteiger partial charge >= 0.3 is 0 Å². The summed E-state index contributed by atoms with van der Waals surface area (Å²) in [6.07, 6.45) is 0. The lowest BCUT2D eigenvalue weighted by Gasteiger charge is -2.05. The molecule has 0 fully saturated rings. The Balaban J connectivity index is 2.41. The van der Waals surface area contributed by atoms with Gasteiger partial charge in [-0.15, -0.1) is 0 Å². The number of anilines is 1. The number of hydrogen-bond acceptors (Lipinski definition) is 5. The Bertz CT molecular complexity index is 491. The lowest BCUT2D eigenvalue weighted by molar-refractivity contribution is -0.384. The molecule has 0 aliphatic carbocycles. The van der Waals surface area contributed by atoms with E-state index in [0.717, 1.165) is 0 Å². The zero-order valence-electron chi connectivity index (χ0n) is 8.44. The zero-order chi connectivity index (χ0) is 12.4. The summed E-state index contributed by atoms with van der Waals surface area (Å²) in [5, 5.41) is 13.3. The Kier molecular flexibility index (Phi) is 3.14. The number of alkyl halides is 1. The fourth-order valence-electron chi connectivity index (χ4n) is 1.37. The van der Waals surface area contributed by atoms with Gasteiger partial charge in [0.25, 0.3) is 5.69 Å². The normalized spacial score (nSPS) is 12.3. The summed E-state index contributed by atoms with van der Waals surface area (Å²) in [5.74, 6) is 0.293. The number of nitrogens with zero attached hydrogens (tertiary/aromatic N) is 1. The smallest absolute Gasteiger partial charge is 0.296 e. The third-order valence-electron chi connectivity index (χ3n) is 2.08. The minimum Gasteiger partial charge on any atom is -0.454 e. The summed E-state index contributed by atoms with van der Waals surface area (Å²) in [6, 6.07) is 2.60. The summed E-state index contributed by atoms with van der Waals surface area (Å²) in [6.45, 7) is 0.0162. The van der Waals surface area contributed by atoms with E-state index in [4.69, 9.17) is 9.47 Å². The lowest BCUT2D eigenvalue weighted by Crippen LogP contribution is -2.13. The van der Waals surface area contributed by atoms with E-state index in [1.165, 1.54) is 12.1 Å². The van der Waals surface area contributed by atoms with Gasteiger partial charge in [0.15, 0.2) is 11.5 Å². The number of halogens is 1. The molecule has 0 atom stereocenters. The molecule has 0 saturated heterocycles. The van der Waals surface area contributed by atoms with Crippen molar-refractivity contribution in [2.24, 2.45) is 0 Å². The Morgan fingerprint density at radius 2 is 2.12 bits per heavy atom. The van der Waals surface area contributed by atoms with Gasteiger partial charge in [-0.05, 0) is 0 Å². The van der Waals surface area contributed by atoms with Crippen molar-refractivity contribution in [2.45, 2.75) is 0 Å². The van der Waals surface area contributed by atoms with Crippen LogP contribution in [0.15, 0.2) is 12.1 Å². The summed E-state index contributed by atoms with van der Waals surface area (Å²) >= 11 is 2.96. The first-order chi connectivity index (χ1) is 8.11. The van der Waals surface area contributed by atoms with E-state index in [1.54, 1.807) is 0 Å². The van der Waals surface area contributed by atoms with Gasteiger partial charge in [-0.2, -0.15) is 0 Å². The van der Waals surface area contributed by atoms with Crippen LogP contribution in [-0.4, -0.2) is 23.0 Å². The van der Waals surface area contributed by atoms with Gasteiger partial charge in [0.05, 0.1) is 16.3 Å². The number of nitro benzene ring substituents is 1. The number of benzene rings is 1. The molecule has 0 bridgehead atoms. The Morgan fingerprint density at radius 3 is 2.71 bits per heavy atom. The predicted molar refractivity (Wildman–Crippen MR) is 61.6 cm³/mol. The molecule has 0 saturated carbocycles. The van der Waals surface area contributed by atoms with Gasteiger partial charge in [-0.3, -0.25) is 14.9 Å². The average molecular weight is 303 g/mol. The minimum absolute atomic E-state index is 0.0162. The highest BCUT2D eigenvalue weighted by atomic mass is 79.9. The first kappa shape index (κ1) is 11.6. The minimum atomic E-state index is -0.591. The number of fused-ring (bicyclic) bond motifs is 1. The molecule has 1 aliphatic heterocycles. The number of carbonyl (C=O) groups is 1. The molecule has 1 heterocycles. The van der Waals surface area contributed by atoms with Crippen LogP contribution in [0.5, 0.6) is 11.5 Å². The summed E-state index contributed by atoms with van der Waals surface area (Å²) in [4.78, 5) is 21.4. The lowest BCUT2D eigenvalue weighted by atomic mass is 10.2. The highest BCUT2D eigenvalue weighted by molar-refractivity contribution is 9.09. The molecule has 1 amide bonds. The quantitative estimate of drug-likeness (QED) is 0.521. The van der Waals surface area contributed by atoms with Crippen LogP contribution < -0.4 is 14.8 Å². The van der Waals surface area contributed by atoms with E-state index >= 15 is 0 Å². The van der Waals surface area contributed by atoms with Gasteiger partial charge in [-0.1, -0.05) is 15.9 Å². The van der Waals surface area contributed by atoms with Gasteiger partial charge in [0.2, 0.25) is 12.7 Å². The maximum Gasteiger partial charge on any atom is 0.296 e. The van der Waals surface area contributed by atoms with Crippen molar-refractivity contribution in [3.05, 3.63) is 22.2 Å². The molecule has 7 nitrogen and oxygen atoms in total. The summed E-state index contributed by atoms with van der Waals surface area (Å²) in [7, 11) is 0. The Hall–Kier alpha value is -1.83. The molecular formula is C9H7BrN2O5. The van der Waals surface area contributed by atoms with Crippen LogP contribution in [0.25, 0.3) is 0 Å². The first-order valence-corrected chi connectivity index (χ1v) is 5.68. The average Bonchev–Trinajstić information content (AvgIpc) is 2.74. The topological polar surface area (TPSA) is 90.7 Å². The van der Waals surface area contributed by atoms with Crippen LogP contribution >= 0.6 is 15.9 Å². The van der Waals surface area contributed by atoms with Crippen molar-refractivity contribution in [1.82, 2.24) is 0 Å². The van der Waals surface area contributed by atoms with Gasteiger partial charge in [-0.25, -0.2) is 0 Å². The molecule has 90 valence electrons. The van der Waals surface area contributed by atoms with Crippen LogP contribution in [0.2, 0.25) is 0 Å². The number of carbonyl (C=O) groups excluding carboxylic acids is 1. The van der Waals surface area contributed by atoms with Gasteiger partial charge in [0, 0.05) is 6.07 Å². The second-order valence-electron chi connectivity index (χ2n) is 3.16. The molecule has 0 aromatic heterocycles. The fraction of sp³-hybridized carbons (Fsp3) is 0.222. The SMILES string of the molecule is O=C(CBr)Nc1cc2c(cc1[N+](=O)[O-])OCO2. The predicted octanol–water partition coefficient (Wildman–Crippen LogP) is 1.66. The second kappa shape index (κ2) is 4.58. The second-order valence-corrected chi connectivity index (χ2v) is 3.72. The van der Waals surface area contributed by atoms with E-state index in [1.807, 2.05) is 0 Å². The van der Waals surface area contributed by atoms with E-state index in [0.29, 0.717) is 11.5 Å². The third kappa shape index (κ3) is 2.31.